The number of carbonyl (C=O) groups is 2. The molecule has 10 nitrogen and oxygen atoms in total. The second kappa shape index (κ2) is 33.0. The quantitative estimate of drug-likeness (QED) is 0.0291. The normalized spacial score (nSPS) is 21.3. The van der Waals surface area contributed by atoms with Gasteiger partial charge in [0.15, 0.2) is 12.4 Å². The minimum atomic E-state index is -1.59. The molecule has 0 aliphatic carbocycles. The van der Waals surface area contributed by atoms with E-state index in [4.69, 9.17) is 18.9 Å². The van der Waals surface area contributed by atoms with Crippen molar-refractivity contribution < 1.29 is 49.0 Å². The Hall–Kier alpha value is -1.56. The van der Waals surface area contributed by atoms with E-state index in [0.29, 0.717) is 6.42 Å². The van der Waals surface area contributed by atoms with Crippen LogP contribution >= 0.6 is 0 Å². The van der Waals surface area contributed by atoms with E-state index in [1.807, 2.05) is 0 Å². The van der Waals surface area contributed by atoms with Crippen LogP contribution in [0.15, 0.2) is 12.2 Å². The molecule has 6 unspecified atom stereocenters. The smallest absolute Gasteiger partial charge is 0.306 e. The summed E-state index contributed by atoms with van der Waals surface area (Å²) in [5.74, 6) is -0.812. The van der Waals surface area contributed by atoms with Crippen molar-refractivity contribution in [3.05, 3.63) is 12.2 Å². The van der Waals surface area contributed by atoms with Crippen LogP contribution in [0.25, 0.3) is 0 Å². The summed E-state index contributed by atoms with van der Waals surface area (Å²) in [7, 11) is 0. The van der Waals surface area contributed by atoms with Gasteiger partial charge in [0.25, 0.3) is 0 Å². The zero-order chi connectivity index (χ0) is 37.4. The first kappa shape index (κ1) is 47.5. The highest BCUT2D eigenvalue weighted by Gasteiger charge is 2.44. The van der Waals surface area contributed by atoms with E-state index in [2.05, 4.69) is 26.0 Å². The van der Waals surface area contributed by atoms with Gasteiger partial charge in [0, 0.05) is 12.8 Å². The summed E-state index contributed by atoms with van der Waals surface area (Å²) in [6.07, 6.45) is 25.1. The van der Waals surface area contributed by atoms with E-state index < -0.39 is 49.4 Å². The molecule has 0 saturated carbocycles. The maximum Gasteiger partial charge on any atom is 0.306 e. The van der Waals surface area contributed by atoms with Gasteiger partial charge < -0.3 is 39.4 Å². The molecule has 1 rings (SSSR count). The monoisotopic (exact) mass is 729 g/mol. The van der Waals surface area contributed by atoms with Gasteiger partial charge in [0.05, 0.1) is 13.2 Å². The fourth-order valence-electron chi connectivity index (χ4n) is 6.30. The highest BCUT2D eigenvalue weighted by molar-refractivity contribution is 5.70. The van der Waals surface area contributed by atoms with Crippen molar-refractivity contribution in [3.8, 4) is 0 Å². The van der Waals surface area contributed by atoms with Crippen molar-refractivity contribution in [2.45, 2.75) is 218 Å². The van der Waals surface area contributed by atoms with Gasteiger partial charge in [-0.25, -0.2) is 0 Å². The molecule has 0 aromatic carbocycles. The minimum absolute atomic E-state index is 0.217. The van der Waals surface area contributed by atoms with Crippen molar-refractivity contribution in [2.75, 3.05) is 19.8 Å². The molecule has 300 valence electrons. The minimum Gasteiger partial charge on any atom is -0.462 e. The van der Waals surface area contributed by atoms with Crippen LogP contribution in [0.1, 0.15) is 181 Å². The molecule has 1 fully saturated rings. The number of aliphatic hydroxyl groups excluding tert-OH is 4. The number of carbonyl (C=O) groups excluding carboxylic acids is 2. The highest BCUT2D eigenvalue weighted by atomic mass is 16.7. The largest absolute Gasteiger partial charge is 0.462 e. The van der Waals surface area contributed by atoms with Gasteiger partial charge in [-0.1, -0.05) is 142 Å². The first-order valence-corrected chi connectivity index (χ1v) is 20.8. The molecule has 0 aromatic heterocycles. The number of esters is 2. The van der Waals surface area contributed by atoms with Crippen molar-refractivity contribution >= 4 is 11.9 Å². The topological polar surface area (TPSA) is 152 Å². The van der Waals surface area contributed by atoms with Crippen LogP contribution in [0.2, 0.25) is 0 Å². The molecule has 1 aliphatic heterocycles. The molecule has 1 saturated heterocycles. The molecule has 6 atom stereocenters. The number of allylic oxidation sites excluding steroid dienone is 2. The van der Waals surface area contributed by atoms with Crippen molar-refractivity contribution in [2.24, 2.45) is 0 Å². The zero-order valence-corrected chi connectivity index (χ0v) is 32.4. The Morgan fingerprint density at radius 3 is 1.53 bits per heavy atom. The average Bonchev–Trinajstić information content (AvgIpc) is 3.13. The van der Waals surface area contributed by atoms with E-state index in [0.717, 1.165) is 57.8 Å². The van der Waals surface area contributed by atoms with Crippen LogP contribution in [0, 0.1) is 0 Å². The summed E-state index contributed by atoms with van der Waals surface area (Å²) in [6.45, 7) is 3.40. The standard InChI is InChI=1S/C41H76O10/c1-3-5-7-9-11-13-15-16-17-18-20-21-23-25-27-29-36(43)48-32-34(33-49-41-40(47)39(46)38(45)35(31-42)51-41)50-37(44)30-28-26-24-22-19-14-12-10-8-6-4-2/h16-17,34-35,38-42,45-47H,3-15,18-33H2,1-2H3. The summed E-state index contributed by atoms with van der Waals surface area (Å²) in [5, 5.41) is 39.9. The van der Waals surface area contributed by atoms with Gasteiger partial charge in [0.1, 0.15) is 31.0 Å². The molecule has 1 heterocycles. The predicted octanol–water partition coefficient (Wildman–Crippen LogP) is 8.00. The Balaban J connectivity index is 2.36. The van der Waals surface area contributed by atoms with Crippen LogP contribution in [0.5, 0.6) is 0 Å². The lowest BCUT2D eigenvalue weighted by atomic mass is 9.99. The van der Waals surface area contributed by atoms with Crippen molar-refractivity contribution in [1.29, 1.82) is 0 Å². The summed E-state index contributed by atoms with van der Waals surface area (Å²) in [4.78, 5) is 25.2. The van der Waals surface area contributed by atoms with Crippen molar-refractivity contribution in [3.63, 3.8) is 0 Å². The molecule has 0 bridgehead atoms. The number of unbranched alkanes of at least 4 members (excludes halogenated alkanes) is 21. The Morgan fingerprint density at radius 2 is 1.04 bits per heavy atom. The van der Waals surface area contributed by atoms with Crippen LogP contribution in [-0.4, -0.2) is 89.0 Å². The summed E-state index contributed by atoms with van der Waals surface area (Å²) in [5.41, 5.74) is 0. The molecule has 0 radical (unpaired) electrons. The number of ether oxygens (including phenoxy) is 4. The molecule has 1 aliphatic rings. The van der Waals surface area contributed by atoms with E-state index in [9.17, 15) is 30.0 Å². The van der Waals surface area contributed by atoms with Crippen LogP contribution in [-0.2, 0) is 28.5 Å². The zero-order valence-electron chi connectivity index (χ0n) is 32.4. The maximum atomic E-state index is 12.7. The fraction of sp³-hybridized carbons (Fsp3) is 0.902. The molecule has 4 N–H and O–H groups in total. The molecule has 10 heteroatoms. The van der Waals surface area contributed by atoms with Gasteiger partial charge in [-0.2, -0.15) is 0 Å². The van der Waals surface area contributed by atoms with Gasteiger partial charge in [-0.15, -0.1) is 0 Å². The molecule has 0 aromatic rings. The van der Waals surface area contributed by atoms with Crippen LogP contribution < -0.4 is 0 Å². The summed E-state index contributed by atoms with van der Waals surface area (Å²) >= 11 is 0. The lowest BCUT2D eigenvalue weighted by Crippen LogP contribution is -2.59. The Kier molecular flexibility index (Phi) is 30.7. The lowest BCUT2D eigenvalue weighted by Gasteiger charge is -2.39. The van der Waals surface area contributed by atoms with E-state index in [1.165, 1.54) is 89.9 Å². The third-order valence-corrected chi connectivity index (χ3v) is 9.65. The molecular weight excluding hydrogens is 652 g/mol. The van der Waals surface area contributed by atoms with Gasteiger partial charge in [-0.3, -0.25) is 9.59 Å². The second-order valence-corrected chi connectivity index (χ2v) is 14.4. The van der Waals surface area contributed by atoms with Gasteiger partial charge >= 0.3 is 11.9 Å². The SMILES string of the molecule is CCCCCCCCC=CCCCCCCCC(=O)OCC(COC1OC(CO)C(O)C(O)C1O)OC(=O)CCCCCCCCCCCCC. The molecule has 0 spiro atoms. The second-order valence-electron chi connectivity index (χ2n) is 14.4. The summed E-state index contributed by atoms with van der Waals surface area (Å²) < 4.78 is 22.1. The third-order valence-electron chi connectivity index (χ3n) is 9.65. The Labute approximate surface area is 310 Å². The highest BCUT2D eigenvalue weighted by Crippen LogP contribution is 2.22. The number of hydrogen-bond acceptors (Lipinski definition) is 10. The third kappa shape index (κ3) is 25.2. The first-order chi connectivity index (χ1) is 24.8. The maximum absolute atomic E-state index is 12.7. The molecular formula is C41H76O10. The number of hydrogen-bond donors (Lipinski definition) is 4. The molecule has 51 heavy (non-hydrogen) atoms. The fourth-order valence-corrected chi connectivity index (χ4v) is 6.30. The molecule has 0 amide bonds. The Bertz CT molecular complexity index is 850. The Morgan fingerprint density at radius 1 is 0.588 bits per heavy atom. The summed E-state index contributed by atoms with van der Waals surface area (Å²) in [6, 6.07) is 0. The number of rotatable bonds is 34. The predicted molar refractivity (Wildman–Crippen MR) is 201 cm³/mol. The van der Waals surface area contributed by atoms with E-state index in [1.54, 1.807) is 0 Å². The van der Waals surface area contributed by atoms with Crippen LogP contribution in [0.3, 0.4) is 0 Å². The number of aliphatic hydroxyl groups is 4. The lowest BCUT2D eigenvalue weighted by molar-refractivity contribution is -0.305. The van der Waals surface area contributed by atoms with Crippen molar-refractivity contribution in [1.82, 2.24) is 0 Å². The van der Waals surface area contributed by atoms with Crippen LogP contribution in [0.4, 0.5) is 0 Å². The van der Waals surface area contributed by atoms with Gasteiger partial charge in [-0.05, 0) is 38.5 Å². The van der Waals surface area contributed by atoms with E-state index in [-0.39, 0.29) is 32.0 Å². The van der Waals surface area contributed by atoms with E-state index >= 15 is 0 Å². The first-order valence-electron chi connectivity index (χ1n) is 20.8. The van der Waals surface area contributed by atoms with Gasteiger partial charge in [0.2, 0.25) is 0 Å². The average molecular weight is 729 g/mol.